The zero-order valence-corrected chi connectivity index (χ0v) is 17.0. The first-order valence-corrected chi connectivity index (χ1v) is 12.1. The summed E-state index contributed by atoms with van der Waals surface area (Å²) in [5.74, 6) is 0.0186. The van der Waals surface area contributed by atoms with Crippen molar-refractivity contribution in [3.05, 3.63) is 91.0 Å². The molecule has 5 heteroatoms. The minimum atomic E-state index is -3.71. The second-order valence-electron chi connectivity index (χ2n) is 6.18. The molecule has 3 rings (SSSR count). The molecule has 0 N–H and O–H groups in total. The number of benzene rings is 3. The maximum absolute atomic E-state index is 12.9. The zero-order valence-electron chi connectivity index (χ0n) is 15.3. The molecule has 0 unspecified atom stereocenters. The van der Waals surface area contributed by atoms with Gasteiger partial charge < -0.3 is 0 Å². The van der Waals surface area contributed by atoms with E-state index in [4.69, 9.17) is 3.63 Å². The van der Waals surface area contributed by atoms with Crippen LogP contribution < -0.4 is 0 Å². The van der Waals surface area contributed by atoms with Gasteiger partial charge in [-0.1, -0.05) is 67.9 Å². The molecule has 0 aliphatic rings. The summed E-state index contributed by atoms with van der Waals surface area (Å²) in [5.41, 5.74) is 0. The topological polar surface area (TPSA) is 43.4 Å². The highest BCUT2D eigenvalue weighted by Crippen LogP contribution is 2.69. The van der Waals surface area contributed by atoms with Gasteiger partial charge in [0.15, 0.2) is 0 Å². The summed E-state index contributed by atoms with van der Waals surface area (Å²) in [6.07, 6.45) is 1.38. The van der Waals surface area contributed by atoms with Crippen LogP contribution in [0.4, 0.5) is 0 Å². The third-order valence-corrected chi connectivity index (χ3v) is 9.42. The predicted octanol–water partition coefficient (Wildman–Crippen LogP) is 6.03. The third kappa shape index (κ3) is 4.43. The summed E-state index contributed by atoms with van der Waals surface area (Å²) in [4.78, 5) is 2.59. The minimum absolute atomic E-state index is 0.0186. The lowest BCUT2D eigenvalue weighted by molar-refractivity contribution is 0.505. The van der Waals surface area contributed by atoms with Crippen molar-refractivity contribution in [2.75, 3.05) is 5.75 Å². The van der Waals surface area contributed by atoms with E-state index in [0.717, 1.165) is 21.1 Å². The number of hydrogen-bond acceptors (Lipinski definition) is 3. The van der Waals surface area contributed by atoms with E-state index in [0.29, 0.717) is 6.42 Å². The fourth-order valence-corrected chi connectivity index (χ4v) is 8.41. The highest BCUT2D eigenvalue weighted by Gasteiger charge is 2.37. The molecule has 0 aromatic heterocycles. The Morgan fingerprint density at radius 3 is 1.37 bits per heavy atom. The van der Waals surface area contributed by atoms with Crippen molar-refractivity contribution in [3.8, 4) is 0 Å². The molecular formula is C22H24O3S2. The van der Waals surface area contributed by atoms with Crippen LogP contribution in [0.25, 0.3) is 0 Å². The van der Waals surface area contributed by atoms with E-state index in [1.807, 2.05) is 97.9 Å². The van der Waals surface area contributed by atoms with Gasteiger partial charge in [-0.15, -0.1) is 0 Å². The first-order chi connectivity index (χ1) is 13.1. The van der Waals surface area contributed by atoms with Gasteiger partial charge in [0.05, 0.1) is 5.75 Å². The van der Waals surface area contributed by atoms with Crippen LogP contribution in [0.2, 0.25) is 0 Å². The first kappa shape index (κ1) is 19.7. The zero-order chi connectivity index (χ0) is 19.2. The molecule has 3 nitrogen and oxygen atoms in total. The highest BCUT2D eigenvalue weighted by molar-refractivity contribution is 8.33. The number of unbranched alkanes of at least 4 members (excludes halogenated alkanes) is 1. The lowest BCUT2D eigenvalue weighted by Gasteiger charge is -2.39. The van der Waals surface area contributed by atoms with Crippen molar-refractivity contribution in [1.82, 2.24) is 0 Å². The molecular weight excluding hydrogens is 376 g/mol. The Bertz CT molecular complexity index is 844. The Balaban J connectivity index is 2.26. The van der Waals surface area contributed by atoms with Crippen LogP contribution in [-0.2, 0) is 13.7 Å². The molecule has 0 aliphatic carbocycles. The predicted molar refractivity (Wildman–Crippen MR) is 111 cm³/mol. The number of rotatable bonds is 8. The Kier molecular flexibility index (Phi) is 6.37. The van der Waals surface area contributed by atoms with Gasteiger partial charge in [-0.05, 0) is 53.1 Å². The summed E-state index contributed by atoms with van der Waals surface area (Å²) in [7, 11) is -6.12. The Hall–Kier alpha value is -2.08. The van der Waals surface area contributed by atoms with Crippen molar-refractivity contribution < 1.29 is 12.0 Å². The molecule has 0 radical (unpaired) electrons. The monoisotopic (exact) mass is 400 g/mol. The standard InChI is InChI=1S/C22H24O3S2/c1-2-3-19-26(23,24)25-27(20-13-7-4-8-14-20,21-15-9-5-10-16-21)22-17-11-6-12-18-22/h4-18H,2-3,19H2,1H3. The molecule has 0 amide bonds. The van der Waals surface area contributed by atoms with Gasteiger partial charge in [0.25, 0.3) is 10.1 Å². The molecule has 3 aromatic rings. The normalized spacial score (nSPS) is 12.6. The van der Waals surface area contributed by atoms with E-state index < -0.39 is 20.4 Å². The molecule has 0 spiro atoms. The van der Waals surface area contributed by atoms with Gasteiger partial charge in [-0.3, -0.25) is 0 Å². The molecule has 0 aliphatic heterocycles. The van der Waals surface area contributed by atoms with Crippen LogP contribution >= 0.6 is 10.3 Å². The largest absolute Gasteiger partial charge is 0.277 e. The van der Waals surface area contributed by atoms with E-state index in [9.17, 15) is 8.42 Å². The molecule has 27 heavy (non-hydrogen) atoms. The van der Waals surface area contributed by atoms with Crippen LogP contribution in [0.1, 0.15) is 19.8 Å². The SMILES string of the molecule is CCCCS(=O)(=O)OS(c1ccccc1)(c1ccccc1)c1ccccc1. The Morgan fingerprint density at radius 2 is 1.04 bits per heavy atom. The van der Waals surface area contributed by atoms with Crippen molar-refractivity contribution in [3.63, 3.8) is 0 Å². The lowest BCUT2D eigenvalue weighted by Crippen LogP contribution is -2.16. The van der Waals surface area contributed by atoms with Crippen LogP contribution in [0, 0.1) is 0 Å². The molecule has 0 atom stereocenters. The fraction of sp³-hybridized carbons (Fsp3) is 0.182. The number of hydrogen-bond donors (Lipinski definition) is 0. The molecule has 142 valence electrons. The fourth-order valence-electron chi connectivity index (χ4n) is 2.87. The molecule has 0 fully saturated rings. The van der Waals surface area contributed by atoms with Gasteiger partial charge in [0.2, 0.25) is 0 Å². The van der Waals surface area contributed by atoms with Gasteiger partial charge in [-0.25, -0.2) is 3.63 Å². The van der Waals surface area contributed by atoms with Crippen LogP contribution in [0.15, 0.2) is 106 Å². The van der Waals surface area contributed by atoms with Crippen molar-refractivity contribution in [2.45, 2.75) is 34.5 Å². The van der Waals surface area contributed by atoms with Gasteiger partial charge in [-0.2, -0.15) is 8.42 Å². The van der Waals surface area contributed by atoms with Gasteiger partial charge >= 0.3 is 0 Å². The molecule has 3 aromatic carbocycles. The average Bonchev–Trinajstić information content (AvgIpc) is 2.72. The Labute approximate surface area is 163 Å². The summed E-state index contributed by atoms with van der Waals surface area (Å²) < 4.78 is 32.0. The van der Waals surface area contributed by atoms with E-state index in [1.54, 1.807) is 0 Å². The maximum atomic E-state index is 12.9. The van der Waals surface area contributed by atoms with Crippen molar-refractivity contribution >= 4 is 20.4 Å². The summed E-state index contributed by atoms with van der Waals surface area (Å²) >= 11 is 0. The van der Waals surface area contributed by atoms with Crippen LogP contribution in [-0.4, -0.2) is 14.2 Å². The second kappa shape index (κ2) is 8.74. The average molecular weight is 401 g/mol. The first-order valence-electron chi connectivity index (χ1n) is 9.01. The van der Waals surface area contributed by atoms with E-state index in [-0.39, 0.29) is 5.75 Å². The lowest BCUT2D eigenvalue weighted by atomic mass is 10.4. The Morgan fingerprint density at radius 1 is 0.667 bits per heavy atom. The van der Waals surface area contributed by atoms with Crippen LogP contribution in [0.5, 0.6) is 0 Å². The smallest absolute Gasteiger partial charge is 0.207 e. The quantitative estimate of drug-likeness (QED) is 0.464. The molecule has 0 heterocycles. The van der Waals surface area contributed by atoms with Gasteiger partial charge in [0.1, 0.15) is 0 Å². The summed E-state index contributed by atoms with van der Waals surface area (Å²) in [6.45, 7) is 1.97. The summed E-state index contributed by atoms with van der Waals surface area (Å²) in [6, 6.07) is 29.0. The van der Waals surface area contributed by atoms with E-state index >= 15 is 0 Å². The minimum Gasteiger partial charge on any atom is -0.207 e. The van der Waals surface area contributed by atoms with Gasteiger partial charge in [0, 0.05) is 14.7 Å². The van der Waals surface area contributed by atoms with E-state index in [1.165, 1.54) is 0 Å². The van der Waals surface area contributed by atoms with Crippen molar-refractivity contribution in [2.24, 2.45) is 0 Å². The van der Waals surface area contributed by atoms with Crippen LogP contribution in [0.3, 0.4) is 0 Å². The highest BCUT2D eigenvalue weighted by atomic mass is 32.3. The third-order valence-electron chi connectivity index (χ3n) is 4.18. The van der Waals surface area contributed by atoms with E-state index in [2.05, 4.69) is 0 Å². The maximum Gasteiger partial charge on any atom is 0.277 e. The molecule has 0 saturated carbocycles. The second-order valence-corrected chi connectivity index (χ2v) is 10.8. The van der Waals surface area contributed by atoms with Crippen molar-refractivity contribution in [1.29, 1.82) is 0 Å². The molecule has 0 bridgehead atoms. The summed E-state index contributed by atoms with van der Waals surface area (Å²) in [5, 5.41) is 0. The molecule has 0 saturated heterocycles.